The van der Waals surface area contributed by atoms with E-state index in [1.165, 1.54) is 13.2 Å². The maximum atomic E-state index is 12.0. The van der Waals surface area contributed by atoms with Gasteiger partial charge in [-0.15, -0.1) is 0 Å². The van der Waals surface area contributed by atoms with Crippen LogP contribution in [0.15, 0.2) is 21.3 Å². The zero-order chi connectivity index (χ0) is 16.9. The molecule has 0 bridgehead atoms. The summed E-state index contributed by atoms with van der Waals surface area (Å²) in [4.78, 5) is 23.6. The van der Waals surface area contributed by atoms with Crippen LogP contribution in [0.3, 0.4) is 0 Å². The second-order valence-corrected chi connectivity index (χ2v) is 6.55. The number of rotatable bonds is 5. The van der Waals surface area contributed by atoms with Gasteiger partial charge in [-0.2, -0.15) is 0 Å². The molecule has 0 aliphatic rings. The lowest BCUT2D eigenvalue weighted by atomic mass is 10.0. The number of nitrogens with one attached hydrogen (secondary N) is 1. The molecule has 22 heavy (non-hydrogen) atoms. The van der Waals surface area contributed by atoms with Gasteiger partial charge in [0.1, 0.15) is 17.1 Å². The minimum atomic E-state index is -0.596. The van der Waals surface area contributed by atoms with Crippen LogP contribution < -0.4 is 15.7 Å². The predicted molar refractivity (Wildman–Crippen MR) is 83.1 cm³/mol. The average Bonchev–Trinajstić information content (AvgIpc) is 2.34. The molecule has 0 radical (unpaired) electrons. The van der Waals surface area contributed by atoms with Crippen LogP contribution in [0.25, 0.3) is 0 Å². The van der Waals surface area contributed by atoms with Crippen LogP contribution in [-0.4, -0.2) is 18.8 Å². The summed E-state index contributed by atoms with van der Waals surface area (Å²) in [6.45, 7) is 9.39. The Morgan fingerprint density at radius 1 is 1.32 bits per heavy atom. The Labute approximate surface area is 130 Å². The first-order valence-electron chi connectivity index (χ1n) is 7.29. The first kappa shape index (κ1) is 18.1. The van der Waals surface area contributed by atoms with Crippen molar-refractivity contribution in [2.45, 2.75) is 52.7 Å². The normalized spacial score (nSPS) is 12.9. The number of ether oxygens (including phenoxy) is 2. The summed E-state index contributed by atoms with van der Waals surface area (Å²) < 4.78 is 15.5. The molecule has 0 aliphatic heterocycles. The molecule has 0 unspecified atom stereocenters. The molecule has 1 amide bonds. The highest BCUT2D eigenvalue weighted by Gasteiger charge is 2.23. The Bertz CT molecular complexity index is 556. The Hall–Kier alpha value is -1.98. The fourth-order valence-corrected chi connectivity index (χ4v) is 1.93. The molecule has 0 saturated heterocycles. The molecule has 124 valence electrons. The summed E-state index contributed by atoms with van der Waals surface area (Å²) in [5.41, 5.74) is -1.11. The maximum Gasteiger partial charge on any atom is 0.408 e. The van der Waals surface area contributed by atoms with Gasteiger partial charge in [0.15, 0.2) is 0 Å². The van der Waals surface area contributed by atoms with Crippen molar-refractivity contribution < 1.29 is 18.7 Å². The predicted octanol–water partition coefficient (Wildman–Crippen LogP) is 3.26. The van der Waals surface area contributed by atoms with Gasteiger partial charge >= 0.3 is 11.7 Å². The van der Waals surface area contributed by atoms with Crippen molar-refractivity contribution in [3.63, 3.8) is 0 Å². The van der Waals surface area contributed by atoms with E-state index < -0.39 is 23.4 Å². The van der Waals surface area contributed by atoms with Gasteiger partial charge in [0.05, 0.1) is 19.2 Å². The lowest BCUT2D eigenvalue weighted by Crippen LogP contribution is -2.35. The number of hydrogen-bond acceptors (Lipinski definition) is 5. The topological polar surface area (TPSA) is 77.8 Å². The molecular formula is C16H25NO5. The molecule has 6 nitrogen and oxygen atoms in total. The number of amides is 1. The zero-order valence-corrected chi connectivity index (χ0v) is 14.1. The summed E-state index contributed by atoms with van der Waals surface area (Å²) >= 11 is 0. The highest BCUT2D eigenvalue weighted by Crippen LogP contribution is 2.24. The Kier molecular flexibility index (Phi) is 6.02. The summed E-state index contributed by atoms with van der Waals surface area (Å²) in [6.07, 6.45) is 0.0543. The van der Waals surface area contributed by atoms with Gasteiger partial charge < -0.3 is 19.2 Å². The molecule has 1 atom stereocenters. The Morgan fingerprint density at radius 3 is 2.45 bits per heavy atom. The average molecular weight is 311 g/mol. The smallest absolute Gasteiger partial charge is 0.408 e. The van der Waals surface area contributed by atoms with Crippen molar-refractivity contribution >= 4 is 6.09 Å². The third kappa shape index (κ3) is 6.20. The summed E-state index contributed by atoms with van der Waals surface area (Å²) in [5, 5.41) is 2.75. The molecule has 1 aromatic rings. The molecule has 6 heteroatoms. The molecule has 0 saturated carbocycles. The van der Waals surface area contributed by atoms with Crippen LogP contribution in [0.1, 0.15) is 52.8 Å². The van der Waals surface area contributed by atoms with E-state index in [-0.39, 0.29) is 5.92 Å². The first-order chi connectivity index (χ1) is 10.1. The van der Waals surface area contributed by atoms with Crippen LogP contribution in [0.4, 0.5) is 4.79 Å². The van der Waals surface area contributed by atoms with E-state index in [1.54, 1.807) is 26.8 Å². The number of hydrogen-bond donors (Lipinski definition) is 1. The molecule has 0 fully saturated rings. The molecule has 0 aromatic carbocycles. The van der Waals surface area contributed by atoms with E-state index in [2.05, 4.69) is 5.32 Å². The standard InChI is InChI=1S/C16H25NO5/c1-10(2)7-12(17-15(19)22-16(3,4)5)13-8-11(20-6)9-14(18)21-13/h8-10,12H,7H2,1-6H3,(H,17,19)/t12-/m1/s1. The van der Waals surface area contributed by atoms with Crippen LogP contribution in [-0.2, 0) is 4.74 Å². The molecule has 1 N–H and O–H groups in total. The lowest BCUT2D eigenvalue weighted by Gasteiger charge is -2.24. The fourth-order valence-electron chi connectivity index (χ4n) is 1.93. The largest absolute Gasteiger partial charge is 0.496 e. The number of carbonyl (C=O) groups is 1. The first-order valence-corrected chi connectivity index (χ1v) is 7.29. The van der Waals surface area contributed by atoms with Gasteiger partial charge in [-0.1, -0.05) is 13.8 Å². The quantitative estimate of drug-likeness (QED) is 0.903. The minimum absolute atomic E-state index is 0.288. The van der Waals surface area contributed by atoms with Crippen LogP contribution >= 0.6 is 0 Å². The van der Waals surface area contributed by atoms with Gasteiger partial charge in [-0.05, 0) is 33.1 Å². The van der Waals surface area contributed by atoms with Crippen molar-refractivity contribution in [1.29, 1.82) is 0 Å². The van der Waals surface area contributed by atoms with E-state index in [9.17, 15) is 9.59 Å². The van der Waals surface area contributed by atoms with E-state index >= 15 is 0 Å². The van der Waals surface area contributed by atoms with Crippen molar-refractivity contribution in [2.24, 2.45) is 5.92 Å². The second-order valence-electron chi connectivity index (χ2n) is 6.55. The molecule has 1 rings (SSSR count). The Balaban J connectivity index is 3.00. The van der Waals surface area contributed by atoms with E-state index in [1.807, 2.05) is 13.8 Å². The van der Waals surface area contributed by atoms with E-state index in [0.29, 0.717) is 17.9 Å². The lowest BCUT2D eigenvalue weighted by molar-refractivity contribution is 0.0489. The number of methoxy groups -OCH3 is 1. The highest BCUT2D eigenvalue weighted by molar-refractivity contribution is 5.68. The minimum Gasteiger partial charge on any atom is -0.496 e. The molecular weight excluding hydrogens is 286 g/mol. The van der Waals surface area contributed by atoms with Gasteiger partial charge in [0.2, 0.25) is 0 Å². The van der Waals surface area contributed by atoms with Gasteiger partial charge in [0.25, 0.3) is 0 Å². The highest BCUT2D eigenvalue weighted by atomic mass is 16.6. The van der Waals surface area contributed by atoms with Crippen molar-refractivity contribution in [1.82, 2.24) is 5.32 Å². The SMILES string of the molecule is COc1cc([C@@H](CC(C)C)NC(=O)OC(C)(C)C)oc(=O)c1. The van der Waals surface area contributed by atoms with E-state index in [4.69, 9.17) is 13.9 Å². The van der Waals surface area contributed by atoms with Crippen molar-refractivity contribution in [3.8, 4) is 5.75 Å². The van der Waals surface area contributed by atoms with Crippen LogP contribution in [0.2, 0.25) is 0 Å². The molecule has 0 spiro atoms. The summed E-state index contributed by atoms with van der Waals surface area (Å²) in [5.74, 6) is 1.03. The summed E-state index contributed by atoms with van der Waals surface area (Å²) in [7, 11) is 1.47. The van der Waals surface area contributed by atoms with Gasteiger partial charge in [-0.25, -0.2) is 9.59 Å². The fraction of sp³-hybridized carbons (Fsp3) is 0.625. The monoisotopic (exact) mass is 311 g/mol. The van der Waals surface area contributed by atoms with Crippen LogP contribution in [0, 0.1) is 5.92 Å². The zero-order valence-electron chi connectivity index (χ0n) is 14.1. The van der Waals surface area contributed by atoms with Gasteiger partial charge in [-0.3, -0.25) is 0 Å². The van der Waals surface area contributed by atoms with Crippen molar-refractivity contribution in [3.05, 3.63) is 28.3 Å². The Morgan fingerprint density at radius 2 is 1.95 bits per heavy atom. The maximum absolute atomic E-state index is 12.0. The number of alkyl carbamates (subject to hydrolysis) is 1. The molecule has 1 aromatic heterocycles. The third-order valence-electron chi connectivity index (χ3n) is 2.74. The van der Waals surface area contributed by atoms with Crippen LogP contribution in [0.5, 0.6) is 5.75 Å². The van der Waals surface area contributed by atoms with Crippen molar-refractivity contribution in [2.75, 3.05) is 7.11 Å². The molecule has 1 heterocycles. The second kappa shape index (κ2) is 7.33. The number of carbonyl (C=O) groups excluding carboxylic acids is 1. The molecule has 0 aliphatic carbocycles. The van der Waals surface area contributed by atoms with Gasteiger partial charge in [0, 0.05) is 6.07 Å². The third-order valence-corrected chi connectivity index (χ3v) is 2.74. The van der Waals surface area contributed by atoms with E-state index in [0.717, 1.165) is 0 Å². The summed E-state index contributed by atoms with van der Waals surface area (Å²) in [6, 6.07) is 2.40.